The Kier molecular flexibility index (Phi) is 4.89. The Hall–Kier alpha value is -2.61. The molecule has 2 aliphatic heterocycles. The van der Waals surface area contributed by atoms with E-state index in [1.807, 2.05) is 30.0 Å². The summed E-state index contributed by atoms with van der Waals surface area (Å²) in [7, 11) is 1.61. The molecule has 2 atom stereocenters. The van der Waals surface area contributed by atoms with Gasteiger partial charge in [0, 0.05) is 24.2 Å². The average molecular weight is 363 g/mol. The molecule has 1 aromatic rings. The number of imide groups is 1. The van der Waals surface area contributed by atoms with Crippen molar-refractivity contribution in [2.24, 2.45) is 10.1 Å². The summed E-state index contributed by atoms with van der Waals surface area (Å²) in [5, 5.41) is 7.11. The maximum absolute atomic E-state index is 12.2. The van der Waals surface area contributed by atoms with Crippen molar-refractivity contribution in [1.29, 1.82) is 0 Å². The predicted octanol–water partition coefficient (Wildman–Crippen LogP) is 1.22. The van der Waals surface area contributed by atoms with Crippen LogP contribution in [0.1, 0.15) is 18.9 Å². The third-order valence-electron chi connectivity index (χ3n) is 4.10. The van der Waals surface area contributed by atoms with Gasteiger partial charge in [-0.3, -0.25) is 10.1 Å². The summed E-state index contributed by atoms with van der Waals surface area (Å²) in [5.74, 6) is 0.106. The Morgan fingerprint density at radius 3 is 2.88 bits per heavy atom. The van der Waals surface area contributed by atoms with Gasteiger partial charge in [-0.2, -0.15) is 5.10 Å². The van der Waals surface area contributed by atoms with E-state index in [4.69, 9.17) is 11.6 Å². The normalized spacial score (nSPS) is 22.9. The minimum absolute atomic E-state index is 0.350. The first-order valence-electron chi connectivity index (χ1n) is 7.98. The standard InChI is InChI=1S/C16H19ClN6O2/c1-3-8-23-12-13(22(2)16(25)20-14(12)24)19-15(23)21-18-9-10-6-4-5-7-11(10)17/h4-7,9,12-13H,3,8H2,1-2H3,(H,19,21)(H,20,24,25)/b18-9+. The molecular formula is C16H19ClN6O2. The van der Waals surface area contributed by atoms with Crippen LogP contribution in [0.3, 0.4) is 0 Å². The van der Waals surface area contributed by atoms with Crippen molar-refractivity contribution in [3.05, 3.63) is 34.9 Å². The highest BCUT2D eigenvalue weighted by Crippen LogP contribution is 2.23. The number of nitrogens with zero attached hydrogens (tertiary/aromatic N) is 4. The Labute approximate surface area is 150 Å². The van der Waals surface area contributed by atoms with E-state index in [9.17, 15) is 9.59 Å². The van der Waals surface area contributed by atoms with Gasteiger partial charge in [0.05, 0.1) is 6.21 Å². The number of aliphatic imine (C=N–C) groups is 1. The van der Waals surface area contributed by atoms with Crippen LogP contribution in [0, 0.1) is 0 Å². The molecule has 3 amide bonds. The lowest BCUT2D eigenvalue weighted by molar-refractivity contribution is -0.127. The SMILES string of the molecule is CCCN1C(N/N=C/c2ccccc2Cl)=NC2C1C(=O)NC(=O)N2C. The highest BCUT2D eigenvalue weighted by molar-refractivity contribution is 6.33. The number of halogens is 1. The number of rotatable bonds is 4. The number of urea groups is 1. The van der Waals surface area contributed by atoms with Gasteiger partial charge < -0.3 is 9.80 Å². The first-order valence-corrected chi connectivity index (χ1v) is 8.36. The number of hydrogen-bond donors (Lipinski definition) is 2. The van der Waals surface area contributed by atoms with Crippen LogP contribution in [0.15, 0.2) is 34.4 Å². The van der Waals surface area contributed by atoms with Crippen LogP contribution in [0.5, 0.6) is 0 Å². The van der Waals surface area contributed by atoms with Crippen molar-refractivity contribution >= 4 is 35.7 Å². The lowest BCUT2D eigenvalue weighted by atomic mass is 10.1. The second-order valence-electron chi connectivity index (χ2n) is 5.80. The van der Waals surface area contributed by atoms with E-state index < -0.39 is 18.2 Å². The quantitative estimate of drug-likeness (QED) is 0.622. The lowest BCUT2D eigenvalue weighted by Crippen LogP contribution is -2.64. The van der Waals surface area contributed by atoms with Crippen molar-refractivity contribution in [3.63, 3.8) is 0 Å². The van der Waals surface area contributed by atoms with E-state index in [-0.39, 0.29) is 5.91 Å². The summed E-state index contributed by atoms with van der Waals surface area (Å²) in [4.78, 5) is 31.8. The van der Waals surface area contributed by atoms with Crippen LogP contribution in [-0.4, -0.2) is 59.7 Å². The fourth-order valence-electron chi connectivity index (χ4n) is 2.84. The Bertz CT molecular complexity index is 750. The highest BCUT2D eigenvalue weighted by atomic mass is 35.5. The zero-order valence-electron chi connectivity index (χ0n) is 13.9. The molecule has 2 unspecified atom stereocenters. The summed E-state index contributed by atoms with van der Waals surface area (Å²) in [6.45, 7) is 2.62. The Balaban J connectivity index is 1.80. The van der Waals surface area contributed by atoms with Gasteiger partial charge in [-0.1, -0.05) is 36.7 Å². The number of amides is 3. The van der Waals surface area contributed by atoms with E-state index in [2.05, 4.69) is 20.8 Å². The van der Waals surface area contributed by atoms with Crippen molar-refractivity contribution in [2.45, 2.75) is 25.6 Å². The number of carbonyl (C=O) groups excluding carboxylic acids is 2. The number of nitrogens with one attached hydrogen (secondary N) is 2. The molecule has 0 saturated carbocycles. The number of fused-ring (bicyclic) bond motifs is 1. The smallest absolute Gasteiger partial charge is 0.325 e. The molecule has 0 bridgehead atoms. The topological polar surface area (TPSA) is 89.4 Å². The number of guanidine groups is 1. The van der Waals surface area contributed by atoms with Crippen molar-refractivity contribution in [1.82, 2.24) is 20.5 Å². The van der Waals surface area contributed by atoms with Gasteiger partial charge in [0.2, 0.25) is 5.96 Å². The van der Waals surface area contributed by atoms with E-state index in [0.29, 0.717) is 17.5 Å². The number of hydrogen-bond acceptors (Lipinski definition) is 6. The third-order valence-corrected chi connectivity index (χ3v) is 4.44. The van der Waals surface area contributed by atoms with E-state index in [1.54, 1.807) is 19.3 Å². The molecule has 132 valence electrons. The van der Waals surface area contributed by atoms with Crippen LogP contribution >= 0.6 is 11.6 Å². The predicted molar refractivity (Wildman–Crippen MR) is 95.5 cm³/mol. The maximum Gasteiger partial charge on any atom is 0.325 e. The summed E-state index contributed by atoms with van der Waals surface area (Å²) in [6, 6.07) is 6.32. The average Bonchev–Trinajstić information content (AvgIpc) is 2.94. The largest absolute Gasteiger partial charge is 0.326 e. The molecule has 9 heteroatoms. The van der Waals surface area contributed by atoms with Gasteiger partial charge in [-0.15, -0.1) is 0 Å². The second kappa shape index (κ2) is 7.10. The Morgan fingerprint density at radius 1 is 1.40 bits per heavy atom. The molecule has 0 radical (unpaired) electrons. The number of benzene rings is 1. The minimum atomic E-state index is -0.564. The van der Waals surface area contributed by atoms with E-state index in [0.717, 1.165) is 12.0 Å². The van der Waals surface area contributed by atoms with Gasteiger partial charge in [0.1, 0.15) is 0 Å². The van der Waals surface area contributed by atoms with Crippen molar-refractivity contribution < 1.29 is 9.59 Å². The second-order valence-corrected chi connectivity index (χ2v) is 6.21. The fraction of sp³-hybridized carbons (Fsp3) is 0.375. The molecule has 2 heterocycles. The van der Waals surface area contributed by atoms with Crippen LogP contribution in [0.4, 0.5) is 4.79 Å². The van der Waals surface area contributed by atoms with Crippen molar-refractivity contribution in [2.75, 3.05) is 13.6 Å². The van der Waals surface area contributed by atoms with E-state index >= 15 is 0 Å². The molecule has 8 nitrogen and oxygen atoms in total. The molecule has 1 aromatic carbocycles. The summed E-state index contributed by atoms with van der Waals surface area (Å²) in [6.07, 6.45) is 1.85. The molecule has 1 saturated heterocycles. The van der Waals surface area contributed by atoms with Gasteiger partial charge in [0.25, 0.3) is 5.91 Å². The fourth-order valence-corrected chi connectivity index (χ4v) is 3.03. The molecule has 3 rings (SSSR count). The zero-order chi connectivity index (χ0) is 18.0. The van der Waals surface area contributed by atoms with Gasteiger partial charge in [-0.05, 0) is 12.5 Å². The molecule has 1 fully saturated rings. The van der Waals surface area contributed by atoms with Gasteiger partial charge in [0.15, 0.2) is 12.2 Å². The first-order chi connectivity index (χ1) is 12.0. The molecule has 2 N–H and O–H groups in total. The molecule has 0 aliphatic carbocycles. The van der Waals surface area contributed by atoms with Gasteiger partial charge >= 0.3 is 6.03 Å². The minimum Gasteiger partial charge on any atom is -0.326 e. The molecule has 0 spiro atoms. The van der Waals surface area contributed by atoms with Crippen LogP contribution in [0.25, 0.3) is 0 Å². The number of likely N-dealkylation sites (N-methyl/N-ethyl adjacent to an activating group) is 1. The first kappa shape index (κ1) is 17.2. The van der Waals surface area contributed by atoms with Crippen molar-refractivity contribution in [3.8, 4) is 0 Å². The van der Waals surface area contributed by atoms with Crippen LogP contribution < -0.4 is 10.7 Å². The van der Waals surface area contributed by atoms with Crippen LogP contribution in [-0.2, 0) is 4.79 Å². The third kappa shape index (κ3) is 3.30. The van der Waals surface area contributed by atoms with Gasteiger partial charge in [-0.25, -0.2) is 15.2 Å². The summed E-state index contributed by atoms with van der Waals surface area (Å²) in [5.41, 5.74) is 3.64. The molecular weight excluding hydrogens is 344 g/mol. The molecule has 25 heavy (non-hydrogen) atoms. The lowest BCUT2D eigenvalue weighted by Gasteiger charge is -2.35. The van der Waals surface area contributed by atoms with E-state index in [1.165, 1.54) is 4.90 Å². The number of hydrazone groups is 1. The zero-order valence-corrected chi connectivity index (χ0v) is 14.7. The Morgan fingerprint density at radius 2 is 2.16 bits per heavy atom. The highest BCUT2D eigenvalue weighted by Gasteiger charge is 2.48. The summed E-state index contributed by atoms with van der Waals surface area (Å²) >= 11 is 6.10. The molecule has 0 aromatic heterocycles. The maximum atomic E-state index is 12.2. The summed E-state index contributed by atoms with van der Waals surface area (Å²) < 4.78 is 0. The number of carbonyl (C=O) groups is 2. The van der Waals surface area contributed by atoms with Crippen LogP contribution in [0.2, 0.25) is 5.02 Å². The monoisotopic (exact) mass is 362 g/mol. The molecule has 2 aliphatic rings.